The van der Waals surface area contributed by atoms with Crippen LogP contribution in [0.5, 0.6) is 0 Å². The van der Waals surface area contributed by atoms with Crippen LogP contribution in [0.4, 0.5) is 0 Å². The van der Waals surface area contributed by atoms with Gasteiger partial charge in [0.25, 0.3) is 0 Å². The Morgan fingerprint density at radius 2 is 2.30 bits per heavy atom. The van der Waals surface area contributed by atoms with Crippen molar-refractivity contribution in [1.29, 1.82) is 0 Å². The van der Waals surface area contributed by atoms with Crippen molar-refractivity contribution in [2.45, 2.75) is 18.7 Å². The van der Waals surface area contributed by atoms with E-state index in [2.05, 4.69) is 10.3 Å². The molecule has 0 saturated carbocycles. The van der Waals surface area contributed by atoms with Gasteiger partial charge in [0.1, 0.15) is 5.01 Å². The Bertz CT molecular complexity index is 560. The van der Waals surface area contributed by atoms with Crippen molar-refractivity contribution in [2.24, 2.45) is 0 Å². The minimum atomic E-state index is -0.0385. The van der Waals surface area contributed by atoms with Gasteiger partial charge < -0.3 is 5.32 Å². The Kier molecular flexibility index (Phi) is 5.88. The van der Waals surface area contributed by atoms with E-state index in [0.717, 1.165) is 21.3 Å². The van der Waals surface area contributed by atoms with E-state index < -0.39 is 0 Å². The fourth-order valence-corrected chi connectivity index (χ4v) is 3.43. The molecule has 0 saturated heterocycles. The first-order chi connectivity index (χ1) is 9.66. The van der Waals surface area contributed by atoms with Gasteiger partial charge in [-0.2, -0.15) is 0 Å². The third-order valence-corrected chi connectivity index (χ3v) is 4.96. The molecule has 1 heterocycles. The molecule has 1 amide bonds. The molecule has 2 aromatic rings. The highest BCUT2D eigenvalue weighted by Crippen LogP contribution is 2.21. The third kappa shape index (κ3) is 4.51. The van der Waals surface area contributed by atoms with Crippen molar-refractivity contribution >= 4 is 40.6 Å². The van der Waals surface area contributed by atoms with Crippen LogP contribution in [0.15, 0.2) is 35.8 Å². The van der Waals surface area contributed by atoms with Crippen molar-refractivity contribution in [3.05, 3.63) is 51.4 Å². The number of nitrogens with zero attached hydrogens (tertiary/aromatic N) is 1. The van der Waals surface area contributed by atoms with Gasteiger partial charge in [0.15, 0.2) is 0 Å². The summed E-state index contributed by atoms with van der Waals surface area (Å²) in [6, 6.07) is 7.65. The highest BCUT2D eigenvalue weighted by atomic mass is 35.5. The molecular weight excluding hydrogens is 312 g/mol. The number of halogens is 1. The van der Waals surface area contributed by atoms with E-state index in [4.69, 9.17) is 11.6 Å². The lowest BCUT2D eigenvalue weighted by Crippen LogP contribution is -2.28. The van der Waals surface area contributed by atoms with Gasteiger partial charge in [0.2, 0.25) is 5.91 Å². The molecule has 0 aliphatic carbocycles. The van der Waals surface area contributed by atoms with Gasteiger partial charge in [-0.25, -0.2) is 4.98 Å². The topological polar surface area (TPSA) is 42.0 Å². The number of aromatic nitrogens is 1. The van der Waals surface area contributed by atoms with E-state index in [0.29, 0.717) is 5.75 Å². The zero-order chi connectivity index (χ0) is 14.4. The van der Waals surface area contributed by atoms with Crippen molar-refractivity contribution in [2.75, 3.05) is 5.75 Å². The second-order valence-corrected chi connectivity index (χ2v) is 6.56. The van der Waals surface area contributed by atoms with Gasteiger partial charge in [-0.15, -0.1) is 23.1 Å². The molecule has 0 bridgehead atoms. The lowest BCUT2D eigenvalue weighted by atomic mass is 10.2. The van der Waals surface area contributed by atoms with Crippen molar-refractivity contribution in [3.63, 3.8) is 0 Å². The quantitative estimate of drug-likeness (QED) is 0.875. The van der Waals surface area contributed by atoms with Gasteiger partial charge in [-0.1, -0.05) is 29.8 Å². The first-order valence-electron chi connectivity index (χ1n) is 6.16. The summed E-state index contributed by atoms with van der Waals surface area (Å²) in [6.45, 7) is 1.94. The number of rotatable bonds is 6. The van der Waals surface area contributed by atoms with Gasteiger partial charge in [0, 0.05) is 22.4 Å². The number of hydrogen-bond donors (Lipinski definition) is 1. The predicted molar refractivity (Wildman–Crippen MR) is 86.3 cm³/mol. The third-order valence-electron chi connectivity index (χ3n) is 2.65. The van der Waals surface area contributed by atoms with Crippen LogP contribution in [0.3, 0.4) is 0 Å². The molecule has 20 heavy (non-hydrogen) atoms. The molecule has 1 atom stereocenters. The average Bonchev–Trinajstić information content (AvgIpc) is 2.95. The normalized spacial score (nSPS) is 12.1. The smallest absolute Gasteiger partial charge is 0.230 e. The van der Waals surface area contributed by atoms with Gasteiger partial charge in [0.05, 0.1) is 11.8 Å². The second kappa shape index (κ2) is 7.67. The summed E-state index contributed by atoms with van der Waals surface area (Å²) < 4.78 is 0. The molecule has 1 N–H and O–H groups in total. The van der Waals surface area contributed by atoms with Crippen molar-refractivity contribution in [3.8, 4) is 0 Å². The van der Waals surface area contributed by atoms with Gasteiger partial charge in [-0.05, 0) is 18.6 Å². The number of carbonyl (C=O) groups is 1. The van der Waals surface area contributed by atoms with Crippen LogP contribution in [0.2, 0.25) is 5.02 Å². The Labute approximate surface area is 131 Å². The van der Waals surface area contributed by atoms with Crippen LogP contribution in [0.1, 0.15) is 23.5 Å². The zero-order valence-electron chi connectivity index (χ0n) is 11.0. The fourth-order valence-electron chi connectivity index (χ4n) is 1.66. The number of amides is 1. The molecule has 2 rings (SSSR count). The van der Waals surface area contributed by atoms with E-state index in [-0.39, 0.29) is 11.9 Å². The summed E-state index contributed by atoms with van der Waals surface area (Å²) in [5.74, 6) is 1.17. The minimum absolute atomic E-state index is 0.0183. The minimum Gasteiger partial charge on any atom is -0.346 e. The Balaban J connectivity index is 1.74. The lowest BCUT2D eigenvalue weighted by molar-refractivity contribution is -0.119. The summed E-state index contributed by atoms with van der Waals surface area (Å²) in [5, 5.41) is 6.52. The SMILES string of the molecule is CC(NC(=O)CSCc1ccccc1Cl)c1nccs1. The highest BCUT2D eigenvalue weighted by molar-refractivity contribution is 7.99. The Morgan fingerprint density at radius 1 is 1.50 bits per heavy atom. The maximum Gasteiger partial charge on any atom is 0.230 e. The van der Waals surface area contributed by atoms with Crippen LogP contribution < -0.4 is 5.32 Å². The summed E-state index contributed by atoms with van der Waals surface area (Å²) in [4.78, 5) is 16.0. The van der Waals surface area contributed by atoms with Crippen LogP contribution in [-0.4, -0.2) is 16.6 Å². The fraction of sp³-hybridized carbons (Fsp3) is 0.286. The van der Waals surface area contributed by atoms with Crippen molar-refractivity contribution < 1.29 is 4.79 Å². The molecular formula is C14H15ClN2OS2. The molecule has 1 aromatic carbocycles. The number of hydrogen-bond acceptors (Lipinski definition) is 4. The molecule has 6 heteroatoms. The number of benzene rings is 1. The zero-order valence-corrected chi connectivity index (χ0v) is 13.4. The number of thioether (sulfide) groups is 1. The molecule has 0 spiro atoms. The van der Waals surface area contributed by atoms with E-state index in [1.165, 1.54) is 0 Å². The molecule has 3 nitrogen and oxygen atoms in total. The van der Waals surface area contributed by atoms with E-state index in [1.54, 1.807) is 29.3 Å². The molecule has 106 valence electrons. The number of thiazole rings is 1. The number of carbonyl (C=O) groups excluding carboxylic acids is 1. The molecule has 1 unspecified atom stereocenters. The largest absolute Gasteiger partial charge is 0.346 e. The first-order valence-corrected chi connectivity index (χ1v) is 8.58. The molecule has 0 fully saturated rings. The molecule has 0 aliphatic heterocycles. The average molecular weight is 327 g/mol. The van der Waals surface area contributed by atoms with Gasteiger partial charge >= 0.3 is 0 Å². The van der Waals surface area contributed by atoms with E-state index in [9.17, 15) is 4.79 Å². The summed E-state index contributed by atoms with van der Waals surface area (Å²) in [5.41, 5.74) is 1.06. The number of nitrogens with one attached hydrogen (secondary N) is 1. The molecule has 0 radical (unpaired) electrons. The van der Waals surface area contributed by atoms with Gasteiger partial charge in [-0.3, -0.25) is 4.79 Å². The monoisotopic (exact) mass is 326 g/mol. The van der Waals surface area contributed by atoms with Crippen LogP contribution >= 0.6 is 34.7 Å². The van der Waals surface area contributed by atoms with E-state index in [1.807, 2.05) is 36.6 Å². The molecule has 1 aromatic heterocycles. The standard InChI is InChI=1S/C14H15ClN2OS2/c1-10(14-16-6-7-20-14)17-13(18)9-19-8-11-4-2-3-5-12(11)15/h2-7,10H,8-9H2,1H3,(H,17,18). The second-order valence-electron chi connectivity index (χ2n) is 4.24. The molecule has 0 aliphatic rings. The van der Waals surface area contributed by atoms with E-state index >= 15 is 0 Å². The van der Waals surface area contributed by atoms with Crippen LogP contribution in [-0.2, 0) is 10.5 Å². The van der Waals surface area contributed by atoms with Crippen LogP contribution in [0.25, 0.3) is 0 Å². The summed E-state index contributed by atoms with van der Waals surface area (Å²) in [7, 11) is 0. The predicted octanol–water partition coefficient (Wildman–Crippen LogP) is 3.91. The first kappa shape index (κ1) is 15.4. The maximum atomic E-state index is 11.8. The summed E-state index contributed by atoms with van der Waals surface area (Å²) in [6.07, 6.45) is 1.74. The Morgan fingerprint density at radius 3 is 3.00 bits per heavy atom. The van der Waals surface area contributed by atoms with Crippen molar-refractivity contribution in [1.82, 2.24) is 10.3 Å². The maximum absolute atomic E-state index is 11.8. The van der Waals surface area contributed by atoms with Crippen LogP contribution in [0, 0.1) is 0 Å². The summed E-state index contributed by atoms with van der Waals surface area (Å²) >= 11 is 9.17. The lowest BCUT2D eigenvalue weighted by Gasteiger charge is -2.11. The Hall–Kier alpha value is -1.04. The highest BCUT2D eigenvalue weighted by Gasteiger charge is 2.11.